The second kappa shape index (κ2) is 8.60. The molecular formula is C16H14BrF5N4OS. The molecule has 12 heteroatoms. The van der Waals surface area contributed by atoms with Crippen molar-refractivity contribution in [3.8, 4) is 0 Å². The molecule has 2 aromatic rings. The molecule has 2 aromatic heterocycles. The van der Waals surface area contributed by atoms with Crippen molar-refractivity contribution in [2.45, 2.75) is 23.9 Å². The van der Waals surface area contributed by atoms with Crippen LogP contribution in [-0.4, -0.2) is 34.9 Å². The highest BCUT2D eigenvalue weighted by molar-refractivity contribution is 9.10. The molecule has 5 nitrogen and oxygen atoms in total. The molecule has 0 aliphatic carbocycles. The summed E-state index contributed by atoms with van der Waals surface area (Å²) in [6.07, 6.45) is -4.01. The van der Waals surface area contributed by atoms with E-state index in [1.54, 1.807) is 6.07 Å². The van der Waals surface area contributed by atoms with Gasteiger partial charge in [0.15, 0.2) is 0 Å². The molecule has 0 aliphatic heterocycles. The molecule has 0 atom stereocenters. The molecule has 0 aliphatic rings. The Labute approximate surface area is 169 Å². The predicted molar refractivity (Wildman–Crippen MR) is 100 cm³/mol. The van der Waals surface area contributed by atoms with Crippen LogP contribution in [0.15, 0.2) is 33.9 Å². The Morgan fingerprint density at radius 1 is 1.18 bits per heavy atom. The lowest BCUT2D eigenvalue weighted by atomic mass is 10.1. The summed E-state index contributed by atoms with van der Waals surface area (Å²) >= 11 is 4.56. The van der Waals surface area contributed by atoms with Crippen molar-refractivity contribution in [1.82, 2.24) is 9.97 Å². The lowest BCUT2D eigenvalue weighted by Crippen LogP contribution is -2.34. The first-order valence-corrected chi connectivity index (χ1v) is 9.51. The van der Waals surface area contributed by atoms with Crippen molar-refractivity contribution in [2.75, 3.05) is 23.4 Å². The molecule has 1 amide bonds. The van der Waals surface area contributed by atoms with Gasteiger partial charge in [-0.25, -0.2) is 9.97 Å². The molecule has 0 bridgehead atoms. The van der Waals surface area contributed by atoms with E-state index in [2.05, 4.69) is 36.5 Å². The number of anilines is 2. The first kappa shape index (κ1) is 22.3. The summed E-state index contributed by atoms with van der Waals surface area (Å²) in [6, 6.07) is 2.19. The van der Waals surface area contributed by atoms with Gasteiger partial charge in [-0.2, -0.15) is 22.0 Å². The van der Waals surface area contributed by atoms with Crippen LogP contribution in [0, 0.1) is 0 Å². The molecule has 2 N–H and O–H groups in total. The van der Waals surface area contributed by atoms with Crippen LogP contribution in [0.2, 0.25) is 0 Å². The maximum atomic E-state index is 13.6. The molecule has 0 aromatic carbocycles. The number of carbonyl (C=O) groups excluding carboxylic acids is 1. The minimum Gasteiger partial charge on any atom is -0.371 e. The van der Waals surface area contributed by atoms with Crippen molar-refractivity contribution < 1.29 is 26.7 Å². The van der Waals surface area contributed by atoms with Crippen LogP contribution >= 0.6 is 27.7 Å². The summed E-state index contributed by atoms with van der Waals surface area (Å²) in [6.45, 7) is 1.86. The summed E-state index contributed by atoms with van der Waals surface area (Å²) in [7, 11) is 1.38. The number of aromatic nitrogens is 2. The third-order valence-electron chi connectivity index (χ3n) is 3.43. The van der Waals surface area contributed by atoms with Gasteiger partial charge in [0.1, 0.15) is 11.5 Å². The number of nitrogens with zero attached hydrogens (tertiary/aromatic N) is 2. The highest BCUT2D eigenvalue weighted by Crippen LogP contribution is 2.44. The van der Waals surface area contributed by atoms with Crippen LogP contribution in [0.4, 0.5) is 33.5 Å². The molecule has 152 valence electrons. The number of pyridine rings is 2. The molecule has 0 radical (unpaired) electrons. The van der Waals surface area contributed by atoms with Gasteiger partial charge in [-0.15, -0.1) is 11.8 Å². The standard InChI is InChI=1S/C16H14BrF5N4OS/c1-3-28-11-5-9(17)7-24-12(11)14(27)26-10-4-8(6-25-13(10)23-2)15(18,19)16(20,21)22/h4-7H,3H2,1-2H3,(H,23,25)(H,26,27). The molecule has 28 heavy (non-hydrogen) atoms. The van der Waals surface area contributed by atoms with Gasteiger partial charge in [-0.1, -0.05) is 6.92 Å². The highest BCUT2D eigenvalue weighted by atomic mass is 79.9. The van der Waals surface area contributed by atoms with E-state index in [1.807, 2.05) is 6.92 Å². The number of halogens is 6. The Bertz CT molecular complexity index is 879. The number of hydrogen-bond donors (Lipinski definition) is 2. The predicted octanol–water partition coefficient (Wildman–Crippen LogP) is 5.30. The third kappa shape index (κ3) is 4.72. The molecule has 0 fully saturated rings. The van der Waals surface area contributed by atoms with Crippen molar-refractivity contribution in [1.29, 1.82) is 0 Å². The van der Waals surface area contributed by atoms with Gasteiger partial charge in [0.05, 0.1) is 11.3 Å². The van der Waals surface area contributed by atoms with Gasteiger partial charge in [-0.3, -0.25) is 4.79 Å². The van der Waals surface area contributed by atoms with E-state index in [0.29, 0.717) is 27.4 Å². The van der Waals surface area contributed by atoms with Crippen LogP contribution in [0.25, 0.3) is 0 Å². The fourth-order valence-corrected chi connectivity index (χ4v) is 3.42. The van der Waals surface area contributed by atoms with E-state index < -0.39 is 23.6 Å². The van der Waals surface area contributed by atoms with Gasteiger partial charge in [0.25, 0.3) is 5.91 Å². The average molecular weight is 485 g/mol. The van der Waals surface area contributed by atoms with Crippen LogP contribution in [0.5, 0.6) is 0 Å². The van der Waals surface area contributed by atoms with Gasteiger partial charge >= 0.3 is 12.1 Å². The van der Waals surface area contributed by atoms with E-state index >= 15 is 0 Å². The molecule has 0 saturated heterocycles. The number of alkyl halides is 5. The number of thioether (sulfide) groups is 1. The van der Waals surface area contributed by atoms with Crippen molar-refractivity contribution in [2.24, 2.45) is 0 Å². The summed E-state index contributed by atoms with van der Waals surface area (Å²) in [4.78, 5) is 20.7. The van der Waals surface area contributed by atoms with Gasteiger partial charge in [0.2, 0.25) is 0 Å². The first-order valence-electron chi connectivity index (χ1n) is 7.73. The Balaban J connectivity index is 2.43. The molecule has 0 saturated carbocycles. The van der Waals surface area contributed by atoms with Crippen LogP contribution < -0.4 is 10.6 Å². The van der Waals surface area contributed by atoms with Crippen molar-refractivity contribution in [3.63, 3.8) is 0 Å². The number of amides is 1. The van der Waals surface area contributed by atoms with Crippen molar-refractivity contribution in [3.05, 3.63) is 40.3 Å². The minimum absolute atomic E-state index is 0.00471. The average Bonchev–Trinajstić information content (AvgIpc) is 2.61. The van der Waals surface area contributed by atoms with Gasteiger partial charge in [0, 0.05) is 28.8 Å². The lowest BCUT2D eigenvalue weighted by Gasteiger charge is -2.21. The monoisotopic (exact) mass is 484 g/mol. The maximum absolute atomic E-state index is 13.6. The highest BCUT2D eigenvalue weighted by Gasteiger charge is 2.59. The summed E-state index contributed by atoms with van der Waals surface area (Å²) in [5, 5.41) is 4.84. The molecule has 0 spiro atoms. The number of nitrogens with one attached hydrogen (secondary N) is 2. The van der Waals surface area contributed by atoms with Crippen LogP contribution in [0.1, 0.15) is 23.0 Å². The molecule has 0 unspecified atom stereocenters. The Morgan fingerprint density at radius 2 is 1.86 bits per heavy atom. The number of hydrogen-bond acceptors (Lipinski definition) is 5. The third-order valence-corrected chi connectivity index (χ3v) is 4.77. The Kier molecular flexibility index (Phi) is 6.86. The zero-order valence-electron chi connectivity index (χ0n) is 14.5. The van der Waals surface area contributed by atoms with Crippen LogP contribution in [0.3, 0.4) is 0 Å². The minimum atomic E-state index is -5.80. The largest absolute Gasteiger partial charge is 0.458 e. The summed E-state index contributed by atoms with van der Waals surface area (Å²) in [5.41, 5.74) is -1.71. The maximum Gasteiger partial charge on any atom is 0.458 e. The van der Waals surface area contributed by atoms with Gasteiger partial charge in [-0.05, 0) is 33.8 Å². The molecule has 2 heterocycles. The molecule has 2 rings (SSSR count). The number of rotatable bonds is 6. The summed E-state index contributed by atoms with van der Waals surface area (Å²) in [5.74, 6) is -5.33. The smallest absolute Gasteiger partial charge is 0.371 e. The fourth-order valence-electron chi connectivity index (χ4n) is 2.13. The lowest BCUT2D eigenvalue weighted by molar-refractivity contribution is -0.289. The zero-order valence-corrected chi connectivity index (χ0v) is 16.9. The van der Waals surface area contributed by atoms with E-state index in [9.17, 15) is 26.7 Å². The topological polar surface area (TPSA) is 66.9 Å². The molecular weight excluding hydrogens is 471 g/mol. The summed E-state index contributed by atoms with van der Waals surface area (Å²) < 4.78 is 65.8. The number of carbonyl (C=O) groups is 1. The normalized spacial score (nSPS) is 12.0. The second-order valence-corrected chi connectivity index (χ2v) is 7.55. The van der Waals surface area contributed by atoms with E-state index in [1.165, 1.54) is 25.0 Å². The van der Waals surface area contributed by atoms with Crippen LogP contribution in [-0.2, 0) is 5.92 Å². The zero-order chi connectivity index (χ0) is 21.1. The first-order chi connectivity index (χ1) is 13.0. The fraction of sp³-hybridized carbons (Fsp3) is 0.312. The second-order valence-electron chi connectivity index (χ2n) is 5.33. The Hall–Kier alpha value is -1.95. The SMILES string of the molecule is CCSc1cc(Br)cnc1C(=O)Nc1cc(C(F)(F)C(F)(F)F)cnc1NC. The van der Waals surface area contributed by atoms with Crippen molar-refractivity contribution >= 4 is 45.1 Å². The van der Waals surface area contributed by atoms with E-state index in [-0.39, 0.29) is 17.2 Å². The van der Waals surface area contributed by atoms with E-state index in [0.717, 1.165) is 0 Å². The van der Waals surface area contributed by atoms with Gasteiger partial charge < -0.3 is 10.6 Å². The Morgan fingerprint density at radius 3 is 2.43 bits per heavy atom. The quantitative estimate of drug-likeness (QED) is 0.430. The van der Waals surface area contributed by atoms with E-state index in [4.69, 9.17) is 0 Å².